The Balaban J connectivity index is 1.31. The highest BCUT2D eigenvalue weighted by Crippen LogP contribution is 2.40. The largest absolute Gasteiger partial charge is 0.273 e. The fraction of sp³-hybridized carbons (Fsp3) is 0.200. The number of rotatable bonds is 3. The van der Waals surface area contributed by atoms with E-state index in [1.54, 1.807) is 24.3 Å². The molecule has 0 unspecified atom stereocenters. The van der Waals surface area contributed by atoms with Crippen LogP contribution in [-0.4, -0.2) is 45.4 Å². The van der Waals surface area contributed by atoms with E-state index in [2.05, 4.69) is 11.2 Å². The summed E-state index contributed by atoms with van der Waals surface area (Å²) in [6.45, 7) is 0.347. The number of para-hydroxylation sites is 1. The Morgan fingerprint density at radius 3 is 2.48 bits per heavy atom. The zero-order valence-electron chi connectivity index (χ0n) is 14.4. The van der Waals surface area contributed by atoms with E-state index >= 15 is 0 Å². The summed E-state index contributed by atoms with van der Waals surface area (Å²) in [6.07, 6.45) is 2.77. The molecule has 2 aromatic rings. The second kappa shape index (κ2) is 6.35. The Morgan fingerprint density at radius 2 is 1.70 bits per heavy atom. The van der Waals surface area contributed by atoms with Crippen molar-refractivity contribution in [3.8, 4) is 0 Å². The average molecular weight is 376 g/mol. The highest BCUT2D eigenvalue weighted by atomic mass is 32.2. The fourth-order valence-electron chi connectivity index (χ4n) is 3.65. The minimum atomic E-state index is -0.218. The van der Waals surface area contributed by atoms with Crippen molar-refractivity contribution in [2.75, 3.05) is 12.3 Å². The van der Waals surface area contributed by atoms with Crippen molar-refractivity contribution >= 4 is 40.6 Å². The predicted octanol–water partition coefficient (Wildman–Crippen LogP) is 3.45. The smallest absolute Gasteiger partial charge is 0.261 e. The van der Waals surface area contributed by atoms with Gasteiger partial charge in [0.15, 0.2) is 5.17 Å². The van der Waals surface area contributed by atoms with Crippen LogP contribution < -0.4 is 0 Å². The van der Waals surface area contributed by atoms with Gasteiger partial charge >= 0.3 is 0 Å². The number of nitrogens with zero attached hydrogens (tertiary/aromatic N) is 4. The van der Waals surface area contributed by atoms with E-state index in [-0.39, 0.29) is 17.9 Å². The summed E-state index contributed by atoms with van der Waals surface area (Å²) >= 11 is 1.52. The Hall–Kier alpha value is -2.93. The molecule has 3 aliphatic heterocycles. The summed E-state index contributed by atoms with van der Waals surface area (Å²) in [5.41, 5.74) is 3.12. The average Bonchev–Trinajstić information content (AvgIpc) is 3.28. The Morgan fingerprint density at radius 1 is 1.00 bits per heavy atom. The molecule has 7 heteroatoms. The van der Waals surface area contributed by atoms with Crippen LogP contribution >= 0.6 is 11.8 Å². The van der Waals surface area contributed by atoms with Gasteiger partial charge in [0.25, 0.3) is 11.8 Å². The Kier molecular flexibility index (Phi) is 3.82. The molecular formula is C20H16N4O2S. The number of hydrogen-bond donors (Lipinski definition) is 0. The molecule has 27 heavy (non-hydrogen) atoms. The molecular weight excluding hydrogens is 360 g/mol. The molecule has 6 nitrogen and oxygen atoms in total. The van der Waals surface area contributed by atoms with Crippen LogP contribution in [0.4, 0.5) is 5.69 Å². The van der Waals surface area contributed by atoms with E-state index < -0.39 is 0 Å². The minimum Gasteiger partial charge on any atom is -0.273 e. The van der Waals surface area contributed by atoms with Crippen LogP contribution in [0.2, 0.25) is 0 Å². The third kappa shape index (κ3) is 2.57. The number of hydrogen-bond acceptors (Lipinski definition) is 6. The molecule has 0 radical (unpaired) electrons. The van der Waals surface area contributed by atoms with Crippen molar-refractivity contribution in [3.05, 3.63) is 65.2 Å². The van der Waals surface area contributed by atoms with Crippen LogP contribution in [0.3, 0.4) is 0 Å². The van der Waals surface area contributed by atoms with Gasteiger partial charge in [-0.25, -0.2) is 10.0 Å². The Bertz CT molecular complexity index is 982. The third-order valence-corrected chi connectivity index (χ3v) is 5.89. The molecule has 0 saturated carbocycles. The first-order valence-corrected chi connectivity index (χ1v) is 9.80. The van der Waals surface area contributed by atoms with Crippen LogP contribution in [0.5, 0.6) is 0 Å². The third-order valence-electron chi connectivity index (χ3n) is 4.96. The van der Waals surface area contributed by atoms with Crippen LogP contribution in [0, 0.1) is 0 Å². The summed E-state index contributed by atoms with van der Waals surface area (Å²) < 4.78 is 0. The lowest BCUT2D eigenvalue weighted by atomic mass is 10.0. The molecule has 5 rings (SSSR count). The molecule has 0 aliphatic carbocycles. The van der Waals surface area contributed by atoms with Crippen molar-refractivity contribution in [1.29, 1.82) is 0 Å². The number of imide groups is 1. The molecule has 0 N–H and O–H groups in total. The molecule has 3 heterocycles. The fourth-order valence-corrected chi connectivity index (χ4v) is 4.58. The number of carbonyl (C=O) groups is 2. The van der Waals surface area contributed by atoms with Gasteiger partial charge in [0, 0.05) is 30.5 Å². The second-order valence-corrected chi connectivity index (χ2v) is 7.57. The zero-order chi connectivity index (χ0) is 18.4. The quantitative estimate of drug-likeness (QED) is 0.770. The van der Waals surface area contributed by atoms with Gasteiger partial charge in [0.05, 0.1) is 22.9 Å². The highest BCUT2D eigenvalue weighted by Gasteiger charge is 2.36. The number of benzene rings is 2. The molecule has 0 spiro atoms. The van der Waals surface area contributed by atoms with Gasteiger partial charge in [-0.1, -0.05) is 42.1 Å². The molecule has 0 bridgehead atoms. The van der Waals surface area contributed by atoms with E-state index in [4.69, 9.17) is 4.99 Å². The lowest BCUT2D eigenvalue weighted by Gasteiger charge is -2.30. The van der Waals surface area contributed by atoms with Gasteiger partial charge in [-0.05, 0) is 18.2 Å². The van der Waals surface area contributed by atoms with Crippen LogP contribution in [0.15, 0.2) is 58.6 Å². The maximum absolute atomic E-state index is 12.5. The lowest BCUT2D eigenvalue weighted by molar-refractivity contribution is 0.0664. The summed E-state index contributed by atoms with van der Waals surface area (Å²) in [4.78, 5) is 31.0. The lowest BCUT2D eigenvalue weighted by Crippen LogP contribution is -2.33. The Labute approximate surface area is 160 Å². The maximum Gasteiger partial charge on any atom is 0.261 e. The highest BCUT2D eigenvalue weighted by molar-refractivity contribution is 8.13. The normalized spacial score (nSPS) is 19.9. The number of fused-ring (bicyclic) bond motifs is 4. The second-order valence-electron chi connectivity index (χ2n) is 6.50. The SMILES string of the molecule is O=C1c2ccccc2C(=O)N1CCSC1=Nc2ccccc2[C@@H]2CC=NN12. The monoisotopic (exact) mass is 376 g/mol. The topological polar surface area (TPSA) is 65.3 Å². The van der Waals surface area contributed by atoms with Crippen LogP contribution in [-0.2, 0) is 0 Å². The summed E-state index contributed by atoms with van der Waals surface area (Å²) in [5, 5.41) is 7.21. The molecule has 3 aliphatic rings. The van der Waals surface area contributed by atoms with Crippen LogP contribution in [0.1, 0.15) is 38.7 Å². The zero-order valence-corrected chi connectivity index (χ0v) is 15.2. The molecule has 2 amide bonds. The van der Waals surface area contributed by atoms with Gasteiger partial charge in [0.1, 0.15) is 0 Å². The van der Waals surface area contributed by atoms with Crippen molar-refractivity contribution in [3.63, 3.8) is 0 Å². The molecule has 1 atom stereocenters. The van der Waals surface area contributed by atoms with Crippen LogP contribution in [0.25, 0.3) is 0 Å². The van der Waals surface area contributed by atoms with E-state index in [0.717, 1.165) is 17.3 Å². The molecule has 0 saturated heterocycles. The van der Waals surface area contributed by atoms with Gasteiger partial charge < -0.3 is 0 Å². The number of amidine groups is 1. The minimum absolute atomic E-state index is 0.181. The van der Waals surface area contributed by atoms with Crippen molar-refractivity contribution in [2.45, 2.75) is 12.5 Å². The van der Waals surface area contributed by atoms with E-state index in [1.165, 1.54) is 22.2 Å². The number of hydrazone groups is 1. The maximum atomic E-state index is 12.5. The van der Waals surface area contributed by atoms with E-state index in [1.807, 2.05) is 29.4 Å². The van der Waals surface area contributed by atoms with Gasteiger partial charge in [-0.2, -0.15) is 5.10 Å². The van der Waals surface area contributed by atoms with Crippen molar-refractivity contribution in [1.82, 2.24) is 9.91 Å². The van der Waals surface area contributed by atoms with E-state index in [9.17, 15) is 9.59 Å². The van der Waals surface area contributed by atoms with Crippen molar-refractivity contribution < 1.29 is 9.59 Å². The van der Waals surface area contributed by atoms with Gasteiger partial charge in [0.2, 0.25) is 0 Å². The molecule has 0 aromatic heterocycles. The van der Waals surface area contributed by atoms with Gasteiger partial charge in [-0.15, -0.1) is 0 Å². The number of aliphatic imine (C=N–C) groups is 1. The molecule has 0 fully saturated rings. The van der Waals surface area contributed by atoms with Crippen molar-refractivity contribution in [2.24, 2.45) is 10.1 Å². The number of thioether (sulfide) groups is 1. The first kappa shape index (κ1) is 16.3. The summed E-state index contributed by atoms with van der Waals surface area (Å²) in [6, 6.07) is 15.2. The molecule has 134 valence electrons. The van der Waals surface area contributed by atoms with Gasteiger partial charge in [-0.3, -0.25) is 14.5 Å². The predicted molar refractivity (Wildman–Crippen MR) is 105 cm³/mol. The summed E-state index contributed by atoms with van der Waals surface area (Å²) in [5.74, 6) is 0.138. The molecule has 2 aromatic carbocycles. The summed E-state index contributed by atoms with van der Waals surface area (Å²) in [7, 11) is 0. The number of carbonyl (C=O) groups excluding carboxylic acids is 2. The first-order valence-electron chi connectivity index (χ1n) is 8.81. The van der Waals surface area contributed by atoms with E-state index in [0.29, 0.717) is 23.4 Å². The first-order chi connectivity index (χ1) is 13.2. The standard InChI is InChI=1S/C20H16N4O2S/c25-18-13-5-1-2-6-14(13)19(26)23(18)11-12-27-20-22-16-8-4-3-7-15(16)17-9-10-21-24(17)20/h1-8,10,17H,9,11-12H2/t17-/m0/s1. The number of amides is 2.